The van der Waals surface area contributed by atoms with Crippen LogP contribution >= 0.6 is 15.9 Å². The molecule has 0 unspecified atom stereocenters. The molecule has 0 spiro atoms. The SMILES string of the molecule is CC(C)(C)OC(=O)NCCOCCOCCO.CCOC(=O)CCBr.CCOC(=O)CCOCCOCCOCCN.CCOC(=O)CCOCCOCCOCCNC(=O)OC(C)(C)C. The first-order valence-electron chi connectivity index (χ1n) is 22.3. The van der Waals surface area contributed by atoms with E-state index >= 15 is 0 Å². The van der Waals surface area contributed by atoms with E-state index in [9.17, 15) is 24.0 Å². The van der Waals surface area contributed by atoms with Crippen molar-refractivity contribution in [3.63, 3.8) is 0 Å². The predicted molar refractivity (Wildman–Crippen MR) is 249 cm³/mol. The van der Waals surface area contributed by atoms with Crippen molar-refractivity contribution in [2.75, 3.05) is 157 Å². The first-order valence-corrected chi connectivity index (χ1v) is 23.4. The first-order chi connectivity index (χ1) is 31.4. The number of alkyl halides is 1. The summed E-state index contributed by atoms with van der Waals surface area (Å²) in [5.41, 5.74) is 4.26. The highest BCUT2D eigenvalue weighted by molar-refractivity contribution is 9.09. The van der Waals surface area contributed by atoms with Crippen molar-refractivity contribution in [1.82, 2.24) is 10.6 Å². The minimum atomic E-state index is -0.503. The number of aliphatic hydroxyl groups is 1. The fraction of sp³-hybridized carbons (Fsp3) is 0.884. The lowest BCUT2D eigenvalue weighted by atomic mass is 10.2. The highest BCUT2D eigenvalue weighted by Gasteiger charge is 2.16. The van der Waals surface area contributed by atoms with Crippen LogP contribution in [0.4, 0.5) is 9.59 Å². The molecule has 0 rings (SSSR count). The molecule has 394 valence electrons. The van der Waals surface area contributed by atoms with E-state index in [1.54, 1.807) is 41.5 Å². The molecule has 22 nitrogen and oxygen atoms in total. The Hall–Kier alpha value is -2.97. The fourth-order valence-corrected chi connectivity index (χ4v) is 4.04. The van der Waals surface area contributed by atoms with E-state index < -0.39 is 23.4 Å². The van der Waals surface area contributed by atoms with Crippen LogP contribution in [0.2, 0.25) is 0 Å². The maximum Gasteiger partial charge on any atom is 0.407 e. The van der Waals surface area contributed by atoms with Crippen molar-refractivity contribution in [3.05, 3.63) is 0 Å². The normalized spacial score (nSPS) is 10.7. The van der Waals surface area contributed by atoms with Gasteiger partial charge in [0, 0.05) is 25.0 Å². The molecule has 0 heterocycles. The highest BCUT2D eigenvalue weighted by Crippen LogP contribution is 2.07. The van der Waals surface area contributed by atoms with Crippen molar-refractivity contribution in [2.45, 2.75) is 92.8 Å². The number of aliphatic hydroxyl groups excluding tert-OH is 1. The van der Waals surface area contributed by atoms with Crippen LogP contribution in [-0.2, 0) is 76.0 Å². The summed E-state index contributed by atoms with van der Waals surface area (Å²) < 4.78 is 65.8. The second-order valence-corrected chi connectivity index (χ2v) is 15.4. The predicted octanol–water partition coefficient (Wildman–Crippen LogP) is 3.33. The number of alkyl carbamates (subject to hydrolysis) is 2. The smallest absolute Gasteiger partial charge is 0.407 e. The van der Waals surface area contributed by atoms with Crippen LogP contribution in [0.3, 0.4) is 0 Å². The van der Waals surface area contributed by atoms with Crippen molar-refractivity contribution >= 4 is 46.0 Å². The van der Waals surface area contributed by atoms with Gasteiger partial charge in [0.15, 0.2) is 0 Å². The van der Waals surface area contributed by atoms with Gasteiger partial charge in [0.05, 0.1) is 151 Å². The van der Waals surface area contributed by atoms with Gasteiger partial charge >= 0.3 is 30.1 Å². The average Bonchev–Trinajstić information content (AvgIpc) is 3.23. The molecule has 23 heteroatoms. The summed E-state index contributed by atoms with van der Waals surface area (Å²) in [6.07, 6.45) is 0.100. The number of amides is 2. The van der Waals surface area contributed by atoms with Gasteiger partial charge in [-0.15, -0.1) is 0 Å². The van der Waals surface area contributed by atoms with Gasteiger partial charge in [-0.2, -0.15) is 0 Å². The molecular formula is C43H86BrN3O19. The lowest BCUT2D eigenvalue weighted by Gasteiger charge is -2.19. The number of carbonyl (C=O) groups is 5. The Morgan fingerprint density at radius 2 is 0.742 bits per heavy atom. The largest absolute Gasteiger partial charge is 0.466 e. The highest BCUT2D eigenvalue weighted by atomic mass is 79.9. The third-order valence-corrected chi connectivity index (χ3v) is 6.70. The van der Waals surface area contributed by atoms with E-state index in [0.29, 0.717) is 157 Å². The van der Waals surface area contributed by atoms with E-state index in [4.69, 9.17) is 67.7 Å². The number of hydrogen-bond donors (Lipinski definition) is 4. The van der Waals surface area contributed by atoms with Crippen LogP contribution in [0.15, 0.2) is 0 Å². The van der Waals surface area contributed by atoms with Crippen molar-refractivity contribution < 1.29 is 90.7 Å². The van der Waals surface area contributed by atoms with E-state index in [1.807, 2.05) is 20.8 Å². The third-order valence-electron chi connectivity index (χ3n) is 6.30. The molecule has 5 N–H and O–H groups in total. The lowest BCUT2D eigenvalue weighted by Crippen LogP contribution is -2.34. The maximum atomic E-state index is 11.3. The number of carbonyl (C=O) groups excluding carboxylic acids is 5. The first kappa shape index (κ1) is 69.6. The quantitative estimate of drug-likeness (QED) is 0.0303. The second kappa shape index (κ2) is 53.0. The van der Waals surface area contributed by atoms with Gasteiger partial charge in [-0.1, -0.05) is 15.9 Å². The number of nitrogens with one attached hydrogen (secondary N) is 2. The summed E-state index contributed by atoms with van der Waals surface area (Å²) >= 11 is 3.12. The molecule has 2 amide bonds. The standard InChI is InChI=1S/C16H31NO7.2C11H23NO5.C5H9BrO2/c1-5-23-14(18)6-8-20-10-12-22-13-11-21-9-7-17-15(19)24-16(2,3)4;1-11(2,3)17-10(14)12-4-6-15-8-9-16-7-5-13;1-2-17-11(13)3-5-14-7-9-16-10-8-15-6-4-12;1-2-8-5(7)3-4-6/h5-13H2,1-4H3,(H,17,19);13H,4-9H2,1-3H3,(H,12,14);2-10,12H2,1H3;2-4H2,1H3. The van der Waals surface area contributed by atoms with Crippen LogP contribution in [0.5, 0.6) is 0 Å². The summed E-state index contributed by atoms with van der Waals surface area (Å²) in [6, 6.07) is 0. The zero-order valence-corrected chi connectivity index (χ0v) is 42.9. The number of hydrogen-bond acceptors (Lipinski definition) is 20. The molecule has 0 aliphatic carbocycles. The molecule has 0 aromatic heterocycles. The number of nitrogens with two attached hydrogens (primary N) is 1. The minimum Gasteiger partial charge on any atom is -0.466 e. The van der Waals surface area contributed by atoms with Crippen molar-refractivity contribution in [3.8, 4) is 0 Å². The van der Waals surface area contributed by atoms with Crippen LogP contribution in [0.25, 0.3) is 0 Å². The van der Waals surface area contributed by atoms with Gasteiger partial charge in [0.1, 0.15) is 11.2 Å². The maximum absolute atomic E-state index is 11.3. The summed E-state index contributed by atoms with van der Waals surface area (Å²) in [4.78, 5) is 54.9. The monoisotopic (exact) mass is 1030 g/mol. The molecule has 0 fully saturated rings. The Balaban J connectivity index is -0.000000410. The Labute approximate surface area is 401 Å². The second-order valence-electron chi connectivity index (χ2n) is 14.6. The zero-order chi connectivity index (χ0) is 50.6. The lowest BCUT2D eigenvalue weighted by molar-refractivity contribution is -0.145. The number of rotatable bonds is 36. The van der Waals surface area contributed by atoms with E-state index in [-0.39, 0.29) is 37.4 Å². The van der Waals surface area contributed by atoms with Crippen molar-refractivity contribution in [2.24, 2.45) is 5.73 Å². The van der Waals surface area contributed by atoms with E-state index in [1.165, 1.54) is 0 Å². The zero-order valence-electron chi connectivity index (χ0n) is 41.3. The van der Waals surface area contributed by atoms with Gasteiger partial charge in [0.2, 0.25) is 0 Å². The number of ether oxygens (including phenoxy) is 13. The molecule has 0 aliphatic rings. The molecule has 0 aromatic carbocycles. The van der Waals surface area contributed by atoms with E-state index in [0.717, 1.165) is 0 Å². The summed E-state index contributed by atoms with van der Waals surface area (Å²) in [6.45, 7) is 25.8. The van der Waals surface area contributed by atoms with Crippen LogP contribution in [-0.4, -0.2) is 204 Å². The molecule has 0 atom stereocenters. The van der Waals surface area contributed by atoms with Crippen molar-refractivity contribution in [1.29, 1.82) is 0 Å². The van der Waals surface area contributed by atoms with Crippen LogP contribution in [0, 0.1) is 0 Å². The molecule has 0 radical (unpaired) electrons. The molecule has 66 heavy (non-hydrogen) atoms. The molecule has 0 aliphatic heterocycles. The Kier molecular flexibility index (Phi) is 55.9. The van der Waals surface area contributed by atoms with Gasteiger partial charge in [-0.05, 0) is 62.3 Å². The Morgan fingerprint density at radius 3 is 1.03 bits per heavy atom. The van der Waals surface area contributed by atoms with Gasteiger partial charge in [0.25, 0.3) is 0 Å². The fourth-order valence-electron chi connectivity index (χ4n) is 3.72. The molecule has 0 aromatic rings. The summed E-state index contributed by atoms with van der Waals surface area (Å²) in [5.74, 6) is -0.625. The topological polar surface area (TPSA) is 276 Å². The molecule has 0 saturated carbocycles. The molecular weight excluding hydrogens is 942 g/mol. The number of esters is 3. The van der Waals surface area contributed by atoms with Gasteiger partial charge in [-0.3, -0.25) is 14.4 Å². The minimum absolute atomic E-state index is 0.0141. The molecule has 0 saturated heterocycles. The molecule has 0 bridgehead atoms. The van der Waals surface area contributed by atoms with Crippen LogP contribution in [0.1, 0.15) is 81.6 Å². The number of halogens is 1. The van der Waals surface area contributed by atoms with Crippen LogP contribution < -0.4 is 16.4 Å². The average molecular weight is 1030 g/mol. The third kappa shape index (κ3) is 70.1. The van der Waals surface area contributed by atoms with E-state index in [2.05, 4.69) is 31.3 Å². The van der Waals surface area contributed by atoms with Gasteiger partial charge < -0.3 is 83.1 Å². The Bertz CT molecular complexity index is 1110. The van der Waals surface area contributed by atoms with Gasteiger partial charge in [-0.25, -0.2) is 9.59 Å². The summed E-state index contributed by atoms with van der Waals surface area (Å²) in [5, 5.41) is 14.3. The Morgan fingerprint density at radius 1 is 0.455 bits per heavy atom. The summed E-state index contributed by atoms with van der Waals surface area (Å²) in [7, 11) is 0.